The van der Waals surface area contributed by atoms with Crippen molar-refractivity contribution in [3.05, 3.63) is 0 Å². The van der Waals surface area contributed by atoms with E-state index < -0.39 is 159 Å². The molecule has 0 aliphatic carbocycles. The Labute approximate surface area is 359 Å². The van der Waals surface area contributed by atoms with Crippen molar-refractivity contribution in [2.24, 2.45) is 17.2 Å². The second-order valence-electron chi connectivity index (χ2n) is 13.7. The van der Waals surface area contributed by atoms with Crippen LogP contribution >= 0.6 is 0 Å². The smallest absolute Gasteiger partial charge is 0.322 e. The molecule has 8 atom stereocenters. The molecule has 0 rings (SSSR count). The van der Waals surface area contributed by atoms with Gasteiger partial charge in [0.15, 0.2) is 0 Å². The van der Waals surface area contributed by atoms with Gasteiger partial charge in [0.05, 0.1) is 44.9 Å². The maximum Gasteiger partial charge on any atom is 0.322 e. The second-order valence-corrected chi connectivity index (χ2v) is 13.7. The number of amides is 10. The zero-order valence-electron chi connectivity index (χ0n) is 34.5. The van der Waals surface area contributed by atoms with Crippen molar-refractivity contribution in [2.45, 2.75) is 101 Å². The second kappa shape index (κ2) is 29.7. The first kappa shape index (κ1) is 56.4. The Morgan fingerprint density at radius 2 is 1.02 bits per heavy atom. The molecule has 0 saturated heterocycles. The molecule has 0 aliphatic rings. The topological polar surface area (TPSA) is 492 Å². The van der Waals surface area contributed by atoms with Crippen LogP contribution in [-0.2, 0) is 57.5 Å². The molecule has 0 aromatic heterocycles. The number of carboxylic acid groups (broad SMARTS) is 2. The van der Waals surface area contributed by atoms with E-state index in [1.165, 1.54) is 6.92 Å². The lowest BCUT2D eigenvalue weighted by atomic mass is 10.1. The van der Waals surface area contributed by atoms with Gasteiger partial charge in [-0.25, -0.2) is 0 Å². The predicted molar refractivity (Wildman–Crippen MR) is 211 cm³/mol. The lowest BCUT2D eigenvalue weighted by molar-refractivity contribution is -0.141. The van der Waals surface area contributed by atoms with Crippen LogP contribution in [0.15, 0.2) is 0 Å². The van der Waals surface area contributed by atoms with E-state index in [4.69, 9.17) is 22.3 Å². The SMILES string of the molecule is C[C@@H](O)[C@H](N)C(=O)NCC(=O)NCC(=O)N[C@@H](CO)C(=O)N[C@H](C(=O)N[C@@H](CC(=O)O)C(=O)NCC(=O)N[C@@H](CCCCN)C(=O)N[C@@H](CCC(N)=O)C(=O)NCC(=O)O)[C@@H](C)O. The molecule has 29 nitrogen and oxygen atoms in total. The number of hydrogen-bond acceptors (Lipinski definition) is 17. The maximum absolute atomic E-state index is 13.2. The molecular formula is C34H58N12O17. The average molecular weight is 907 g/mol. The van der Waals surface area contributed by atoms with Gasteiger partial charge in [-0.3, -0.25) is 57.5 Å². The molecule has 0 aromatic rings. The van der Waals surface area contributed by atoms with Crippen molar-refractivity contribution >= 4 is 71.0 Å². The Morgan fingerprint density at radius 1 is 0.524 bits per heavy atom. The largest absolute Gasteiger partial charge is 0.481 e. The summed E-state index contributed by atoms with van der Waals surface area (Å²) in [5, 5.41) is 66.7. The van der Waals surface area contributed by atoms with Crippen LogP contribution in [0, 0.1) is 0 Å². The van der Waals surface area contributed by atoms with Crippen molar-refractivity contribution in [3.8, 4) is 0 Å². The molecule has 63 heavy (non-hydrogen) atoms. The van der Waals surface area contributed by atoms with Crippen LogP contribution in [0.5, 0.6) is 0 Å². The van der Waals surface area contributed by atoms with Crippen molar-refractivity contribution in [3.63, 3.8) is 0 Å². The Morgan fingerprint density at radius 3 is 1.54 bits per heavy atom. The molecule has 20 N–H and O–H groups in total. The summed E-state index contributed by atoms with van der Waals surface area (Å²) in [6.07, 6.45) is -4.21. The number of aliphatic hydroxyl groups excluding tert-OH is 3. The minimum absolute atomic E-state index is 0.0629. The van der Waals surface area contributed by atoms with Gasteiger partial charge in [0.2, 0.25) is 59.1 Å². The van der Waals surface area contributed by atoms with Crippen LogP contribution in [0.3, 0.4) is 0 Å². The highest BCUT2D eigenvalue weighted by Gasteiger charge is 2.34. The summed E-state index contributed by atoms with van der Waals surface area (Å²) in [6, 6.07) is -9.87. The third kappa shape index (κ3) is 23.9. The van der Waals surface area contributed by atoms with E-state index in [2.05, 4.69) is 31.9 Å². The van der Waals surface area contributed by atoms with Crippen molar-refractivity contribution in [1.82, 2.24) is 47.9 Å². The Hall–Kier alpha value is -6.56. The Bertz CT molecular complexity index is 1650. The number of primary amides is 1. The van der Waals surface area contributed by atoms with Crippen molar-refractivity contribution in [1.29, 1.82) is 0 Å². The average Bonchev–Trinajstić information content (AvgIpc) is 3.20. The number of unbranched alkanes of at least 4 members (excludes halogenated alkanes) is 1. The number of aliphatic carboxylic acids is 2. The van der Waals surface area contributed by atoms with E-state index in [-0.39, 0.29) is 32.2 Å². The molecule has 0 bridgehead atoms. The fraction of sp³-hybridized carbons (Fsp3) is 0.647. The number of hydrogen-bond donors (Lipinski definition) is 17. The van der Waals surface area contributed by atoms with Gasteiger partial charge in [-0.05, 0) is 46.1 Å². The van der Waals surface area contributed by atoms with E-state index >= 15 is 0 Å². The van der Waals surface area contributed by atoms with Gasteiger partial charge in [-0.15, -0.1) is 0 Å². The third-order valence-electron chi connectivity index (χ3n) is 8.35. The molecule has 0 aliphatic heterocycles. The first-order valence-electron chi connectivity index (χ1n) is 19.2. The summed E-state index contributed by atoms with van der Waals surface area (Å²) in [5.41, 5.74) is 16.1. The van der Waals surface area contributed by atoms with Crippen molar-refractivity contribution < 1.29 is 83.1 Å². The molecule has 10 amide bonds. The lowest BCUT2D eigenvalue weighted by Crippen LogP contribution is -2.61. The van der Waals surface area contributed by atoms with Gasteiger partial charge in [0.1, 0.15) is 42.8 Å². The van der Waals surface area contributed by atoms with E-state index in [0.29, 0.717) is 6.42 Å². The van der Waals surface area contributed by atoms with Crippen LogP contribution in [0.1, 0.15) is 52.4 Å². The molecular weight excluding hydrogens is 848 g/mol. The molecule has 0 aromatic carbocycles. The minimum atomic E-state index is -1.95. The zero-order chi connectivity index (χ0) is 48.4. The normalized spacial score (nSPS) is 14.5. The minimum Gasteiger partial charge on any atom is -0.481 e. The molecule has 0 heterocycles. The highest BCUT2D eigenvalue weighted by molar-refractivity contribution is 5.98. The fourth-order valence-corrected chi connectivity index (χ4v) is 4.90. The van der Waals surface area contributed by atoms with E-state index in [1.807, 2.05) is 16.0 Å². The van der Waals surface area contributed by atoms with Gasteiger partial charge in [0.25, 0.3) is 0 Å². The number of aliphatic hydroxyl groups is 3. The first-order chi connectivity index (χ1) is 29.4. The van der Waals surface area contributed by atoms with E-state index in [9.17, 15) is 78.0 Å². The number of carboxylic acids is 2. The fourth-order valence-electron chi connectivity index (χ4n) is 4.90. The molecule has 0 saturated carbocycles. The van der Waals surface area contributed by atoms with E-state index in [0.717, 1.165) is 6.92 Å². The molecule has 356 valence electrons. The lowest BCUT2D eigenvalue weighted by Gasteiger charge is -2.26. The van der Waals surface area contributed by atoms with Crippen LogP contribution in [0.2, 0.25) is 0 Å². The van der Waals surface area contributed by atoms with Gasteiger partial charge >= 0.3 is 11.9 Å². The van der Waals surface area contributed by atoms with E-state index in [1.54, 1.807) is 0 Å². The highest BCUT2D eigenvalue weighted by Crippen LogP contribution is 2.05. The van der Waals surface area contributed by atoms with Crippen molar-refractivity contribution in [2.75, 3.05) is 39.3 Å². The maximum atomic E-state index is 13.2. The summed E-state index contributed by atoms with van der Waals surface area (Å²) >= 11 is 0. The standard InChI is InChI=1S/C34H58N12O17/c1-15(48)27(37)33(62)40-10-22(51)38-11-23(52)43-20(14-47)32(61)46-28(16(2)49)34(63)45-19(9-25(54)55)30(59)39-12-24(53)42-17(5-3-4-8-35)31(60)44-18(6-7-21(36)50)29(58)41-13-26(56)57/h15-20,27-28,47-49H,3-14,35,37H2,1-2H3,(H2,36,50)(H,38,51)(H,39,59)(H,40,62)(H,41,58)(H,42,53)(H,43,52)(H,44,60)(H,45,63)(H,46,61)(H,54,55)(H,56,57)/t15-,16-,17+,18+,19+,20+,27+,28+/m1/s1. The van der Waals surface area contributed by atoms with Gasteiger partial charge in [-0.2, -0.15) is 0 Å². The third-order valence-corrected chi connectivity index (χ3v) is 8.35. The van der Waals surface area contributed by atoms with Crippen LogP contribution in [0.25, 0.3) is 0 Å². The molecule has 0 fully saturated rings. The summed E-state index contributed by atoms with van der Waals surface area (Å²) in [4.78, 5) is 148. The Balaban J connectivity index is 5.69. The predicted octanol–water partition coefficient (Wildman–Crippen LogP) is -10.1. The summed E-state index contributed by atoms with van der Waals surface area (Å²) in [6.45, 7) is -1.79. The number of rotatable bonds is 31. The summed E-state index contributed by atoms with van der Waals surface area (Å²) in [7, 11) is 0. The molecule has 29 heteroatoms. The summed E-state index contributed by atoms with van der Waals surface area (Å²) < 4.78 is 0. The quantitative estimate of drug-likeness (QED) is 0.0287. The van der Waals surface area contributed by atoms with Gasteiger partial charge in [0, 0.05) is 6.42 Å². The molecule has 0 unspecified atom stereocenters. The Kier molecular flexibility index (Phi) is 26.6. The van der Waals surface area contributed by atoms with Crippen LogP contribution in [-0.4, -0.2) is 184 Å². The number of carbonyl (C=O) groups excluding carboxylic acids is 10. The molecule has 0 radical (unpaired) electrons. The van der Waals surface area contributed by atoms with Crippen LogP contribution < -0.4 is 65.1 Å². The first-order valence-corrected chi connectivity index (χ1v) is 19.2. The zero-order valence-corrected chi connectivity index (χ0v) is 34.5. The van der Waals surface area contributed by atoms with Gasteiger partial charge < -0.3 is 90.6 Å². The number of nitrogens with two attached hydrogens (primary N) is 3. The highest BCUT2D eigenvalue weighted by atomic mass is 16.4. The number of nitrogens with one attached hydrogen (secondary N) is 9. The molecule has 0 spiro atoms. The monoisotopic (exact) mass is 906 g/mol. The van der Waals surface area contributed by atoms with Gasteiger partial charge in [-0.1, -0.05) is 0 Å². The van der Waals surface area contributed by atoms with Crippen LogP contribution in [0.4, 0.5) is 0 Å². The number of carbonyl (C=O) groups is 12. The summed E-state index contributed by atoms with van der Waals surface area (Å²) in [5.74, 6) is -13.5.